The number of allylic oxidation sites excluding steroid dienone is 2. The molecule has 2 aliphatic carbocycles. The van der Waals surface area contributed by atoms with E-state index in [1.165, 1.54) is 24.0 Å². The van der Waals surface area contributed by atoms with Crippen molar-refractivity contribution < 1.29 is 9.84 Å². The predicted octanol–water partition coefficient (Wildman–Crippen LogP) is 3.12. The summed E-state index contributed by atoms with van der Waals surface area (Å²) < 4.78 is 5.59. The number of phenols is 1. The second kappa shape index (κ2) is 3.27. The minimum absolute atomic E-state index is 0.0827. The molecule has 0 heterocycles. The second-order valence-corrected chi connectivity index (χ2v) is 4.77. The quantitative estimate of drug-likeness (QED) is 0.787. The van der Waals surface area contributed by atoms with Gasteiger partial charge >= 0.3 is 0 Å². The van der Waals surface area contributed by atoms with Crippen LogP contribution in [-0.2, 0) is 10.2 Å². The van der Waals surface area contributed by atoms with E-state index in [1.807, 2.05) is 12.1 Å². The van der Waals surface area contributed by atoms with Crippen molar-refractivity contribution in [1.29, 1.82) is 0 Å². The zero-order valence-corrected chi connectivity index (χ0v) is 9.49. The van der Waals surface area contributed by atoms with E-state index < -0.39 is 0 Å². The van der Waals surface area contributed by atoms with Gasteiger partial charge < -0.3 is 9.84 Å². The molecule has 2 nitrogen and oxygen atoms in total. The normalized spacial score (nSPS) is 20.4. The minimum Gasteiger partial charge on any atom is -0.508 e. The Balaban J connectivity index is 2.03. The molecule has 1 N–H and O–H groups in total. The Morgan fingerprint density at radius 3 is 2.56 bits per heavy atom. The molecule has 16 heavy (non-hydrogen) atoms. The Morgan fingerprint density at radius 1 is 1.31 bits per heavy atom. The summed E-state index contributed by atoms with van der Waals surface area (Å²) in [6, 6.07) is 7.59. The molecule has 3 rings (SSSR count). The number of benzene rings is 1. The highest BCUT2D eigenvalue weighted by Crippen LogP contribution is 2.57. The molecule has 0 amide bonds. The summed E-state index contributed by atoms with van der Waals surface area (Å²) in [7, 11) is 1.77. The highest BCUT2D eigenvalue weighted by molar-refractivity contribution is 5.46. The average Bonchev–Trinajstić information content (AvgIpc) is 3.13. The second-order valence-electron chi connectivity index (χ2n) is 4.77. The van der Waals surface area contributed by atoms with E-state index in [0.717, 1.165) is 18.6 Å². The highest BCUT2D eigenvalue weighted by atomic mass is 16.5. The van der Waals surface area contributed by atoms with Crippen LogP contribution in [0.1, 0.15) is 31.2 Å². The van der Waals surface area contributed by atoms with Gasteiger partial charge in [0.15, 0.2) is 0 Å². The molecule has 1 aromatic rings. The maximum atomic E-state index is 9.56. The van der Waals surface area contributed by atoms with Gasteiger partial charge in [0, 0.05) is 0 Å². The molecule has 2 heteroatoms. The first-order valence-electron chi connectivity index (χ1n) is 5.82. The van der Waals surface area contributed by atoms with Gasteiger partial charge in [-0.15, -0.1) is 0 Å². The molecule has 0 radical (unpaired) electrons. The van der Waals surface area contributed by atoms with Crippen molar-refractivity contribution >= 4 is 0 Å². The van der Waals surface area contributed by atoms with Crippen LogP contribution in [0.3, 0.4) is 0 Å². The van der Waals surface area contributed by atoms with Crippen LogP contribution < -0.4 is 0 Å². The van der Waals surface area contributed by atoms with Gasteiger partial charge in [-0.2, -0.15) is 0 Å². The number of phenolic OH excluding ortho intramolecular Hbond substituents is 1. The van der Waals surface area contributed by atoms with Crippen molar-refractivity contribution in [3.8, 4) is 5.75 Å². The maximum Gasteiger partial charge on any atom is 0.115 e. The molecule has 2 fully saturated rings. The van der Waals surface area contributed by atoms with Gasteiger partial charge in [0.05, 0.1) is 12.5 Å². The number of hydrogen-bond donors (Lipinski definition) is 1. The Hall–Kier alpha value is -1.44. The van der Waals surface area contributed by atoms with Crippen molar-refractivity contribution in [2.45, 2.75) is 31.1 Å². The summed E-state index contributed by atoms with van der Waals surface area (Å²) in [4.78, 5) is 0. The average molecular weight is 216 g/mol. The molecule has 84 valence electrons. The van der Waals surface area contributed by atoms with Crippen LogP contribution in [0.2, 0.25) is 0 Å². The van der Waals surface area contributed by atoms with Crippen LogP contribution in [0.4, 0.5) is 0 Å². The zero-order chi connectivity index (χ0) is 11.2. The van der Waals surface area contributed by atoms with Crippen molar-refractivity contribution in [1.82, 2.24) is 0 Å². The van der Waals surface area contributed by atoms with Gasteiger partial charge in [-0.25, -0.2) is 0 Å². The molecule has 0 aromatic heterocycles. The largest absolute Gasteiger partial charge is 0.508 e. The topological polar surface area (TPSA) is 29.5 Å². The first-order chi connectivity index (χ1) is 7.76. The standard InChI is InChI=1S/C14H16O2/c1-16-13(10-5-6-10)14(7-8-14)11-3-2-4-12(15)9-11/h2-4,9,15H,5-8H2,1H3. The van der Waals surface area contributed by atoms with Crippen LogP contribution in [-0.4, -0.2) is 12.2 Å². The third kappa shape index (κ3) is 1.41. The van der Waals surface area contributed by atoms with E-state index in [9.17, 15) is 5.11 Å². The van der Waals surface area contributed by atoms with E-state index in [2.05, 4.69) is 6.07 Å². The van der Waals surface area contributed by atoms with Crippen molar-refractivity contribution in [2.75, 3.05) is 7.11 Å². The number of hydrogen-bond acceptors (Lipinski definition) is 2. The lowest BCUT2D eigenvalue weighted by Gasteiger charge is -2.19. The molecule has 0 spiro atoms. The molecule has 0 bridgehead atoms. The van der Waals surface area contributed by atoms with Crippen LogP contribution in [0.25, 0.3) is 0 Å². The van der Waals surface area contributed by atoms with E-state index in [-0.39, 0.29) is 5.41 Å². The lowest BCUT2D eigenvalue weighted by atomic mass is 9.93. The number of rotatable bonds is 3. The first kappa shape index (κ1) is 9.76. The number of methoxy groups -OCH3 is 1. The molecule has 0 aliphatic heterocycles. The fourth-order valence-corrected chi connectivity index (χ4v) is 2.54. The molecule has 2 aliphatic rings. The summed E-state index contributed by atoms with van der Waals surface area (Å²) in [6.45, 7) is 0. The molecule has 2 saturated carbocycles. The van der Waals surface area contributed by atoms with Gasteiger partial charge in [-0.05, 0) is 49.0 Å². The third-order valence-corrected chi connectivity index (χ3v) is 3.61. The van der Waals surface area contributed by atoms with Gasteiger partial charge in [-0.1, -0.05) is 12.1 Å². The van der Waals surface area contributed by atoms with E-state index in [1.54, 1.807) is 13.2 Å². The Kier molecular flexibility index (Phi) is 2.00. The molecule has 0 saturated heterocycles. The van der Waals surface area contributed by atoms with Crippen molar-refractivity contribution in [3.05, 3.63) is 41.2 Å². The fourth-order valence-electron chi connectivity index (χ4n) is 2.54. The van der Waals surface area contributed by atoms with Crippen LogP contribution in [0, 0.1) is 0 Å². The van der Waals surface area contributed by atoms with E-state index in [4.69, 9.17) is 4.74 Å². The molecular weight excluding hydrogens is 200 g/mol. The van der Waals surface area contributed by atoms with E-state index >= 15 is 0 Å². The van der Waals surface area contributed by atoms with Gasteiger partial charge in [0.25, 0.3) is 0 Å². The van der Waals surface area contributed by atoms with Crippen molar-refractivity contribution in [2.24, 2.45) is 0 Å². The number of aromatic hydroxyl groups is 1. The Morgan fingerprint density at radius 2 is 2.06 bits per heavy atom. The molecule has 0 atom stereocenters. The molecular formula is C14H16O2. The first-order valence-corrected chi connectivity index (χ1v) is 5.82. The highest BCUT2D eigenvalue weighted by Gasteiger charge is 2.51. The van der Waals surface area contributed by atoms with Gasteiger partial charge in [0.2, 0.25) is 0 Å². The van der Waals surface area contributed by atoms with E-state index in [0.29, 0.717) is 5.75 Å². The van der Waals surface area contributed by atoms with Crippen molar-refractivity contribution in [3.63, 3.8) is 0 Å². The van der Waals surface area contributed by atoms with Gasteiger partial charge in [-0.3, -0.25) is 0 Å². The summed E-state index contributed by atoms with van der Waals surface area (Å²) in [5.74, 6) is 1.51. The van der Waals surface area contributed by atoms with Crippen LogP contribution >= 0.6 is 0 Å². The predicted molar refractivity (Wildman–Crippen MR) is 62.3 cm³/mol. The smallest absolute Gasteiger partial charge is 0.115 e. The van der Waals surface area contributed by atoms with Gasteiger partial charge in [0.1, 0.15) is 11.5 Å². The zero-order valence-electron chi connectivity index (χ0n) is 9.49. The lowest BCUT2D eigenvalue weighted by molar-refractivity contribution is 0.255. The van der Waals surface area contributed by atoms with Crippen LogP contribution in [0.15, 0.2) is 35.6 Å². The van der Waals surface area contributed by atoms with Crippen LogP contribution in [0.5, 0.6) is 5.75 Å². The summed E-state index contributed by atoms with van der Waals surface area (Å²) >= 11 is 0. The fraction of sp³-hybridized carbons (Fsp3) is 0.429. The monoisotopic (exact) mass is 216 g/mol. The Labute approximate surface area is 95.6 Å². The molecule has 0 unspecified atom stereocenters. The molecule has 1 aromatic carbocycles. The summed E-state index contributed by atoms with van der Waals surface area (Å²) in [6.07, 6.45) is 4.65. The number of ether oxygens (including phenoxy) is 1. The minimum atomic E-state index is 0.0827. The lowest BCUT2D eigenvalue weighted by Crippen LogP contribution is -2.12. The third-order valence-electron chi connectivity index (χ3n) is 3.61. The Bertz CT molecular complexity index is 450. The summed E-state index contributed by atoms with van der Waals surface area (Å²) in [5, 5.41) is 9.56. The maximum absolute atomic E-state index is 9.56. The SMILES string of the molecule is COC(=C1CC1)C1(c2cccc(O)c2)CC1. The summed E-state index contributed by atoms with van der Waals surface area (Å²) in [5.41, 5.74) is 2.74.